The van der Waals surface area contributed by atoms with Gasteiger partial charge in [-0.15, -0.1) is 0 Å². The number of hydrogen-bond acceptors (Lipinski definition) is 4. The summed E-state index contributed by atoms with van der Waals surface area (Å²) in [5.41, 5.74) is 4.69. The average molecular weight is 475 g/mol. The third-order valence-corrected chi connectivity index (χ3v) is 8.64. The fourth-order valence-corrected chi connectivity index (χ4v) is 6.45. The molecule has 2 saturated carbocycles. The predicted octanol–water partition coefficient (Wildman–Crippen LogP) is 3.73. The lowest BCUT2D eigenvalue weighted by Gasteiger charge is -2.35. The number of rotatable bonds is 7. The molecule has 3 unspecified atom stereocenters. The molecule has 7 nitrogen and oxygen atoms in total. The summed E-state index contributed by atoms with van der Waals surface area (Å²) in [7, 11) is 0. The van der Waals surface area contributed by atoms with Crippen LogP contribution in [-0.2, 0) is 14.3 Å². The summed E-state index contributed by atoms with van der Waals surface area (Å²) in [6, 6.07) is 16.4. The van der Waals surface area contributed by atoms with Gasteiger partial charge in [-0.3, -0.25) is 9.59 Å². The Kier molecular flexibility index (Phi) is 5.50. The second-order valence-electron chi connectivity index (χ2n) is 10.4. The normalized spacial score (nSPS) is 25.1. The second kappa shape index (κ2) is 8.70. The summed E-state index contributed by atoms with van der Waals surface area (Å²) in [4.78, 5) is 39.0. The molecule has 3 aliphatic carbocycles. The molecule has 35 heavy (non-hydrogen) atoms. The van der Waals surface area contributed by atoms with E-state index >= 15 is 0 Å². The minimum atomic E-state index is -0.750. The van der Waals surface area contributed by atoms with E-state index in [1.54, 1.807) is 0 Å². The number of nitrogens with one attached hydrogen (secondary N) is 1. The molecule has 0 bridgehead atoms. The Hall–Kier alpha value is -3.35. The van der Waals surface area contributed by atoms with Crippen molar-refractivity contribution < 1.29 is 24.2 Å². The molecule has 7 heteroatoms. The second-order valence-corrected chi connectivity index (χ2v) is 10.4. The van der Waals surface area contributed by atoms with E-state index in [4.69, 9.17) is 4.74 Å². The van der Waals surface area contributed by atoms with E-state index in [9.17, 15) is 19.5 Å². The molecule has 1 heterocycles. The molecule has 0 aromatic heterocycles. The van der Waals surface area contributed by atoms with Gasteiger partial charge in [0.15, 0.2) is 0 Å². The molecule has 0 radical (unpaired) electrons. The third kappa shape index (κ3) is 3.87. The maximum absolute atomic E-state index is 13.3. The monoisotopic (exact) mass is 474 g/mol. The fraction of sp³-hybridized carbons (Fsp3) is 0.464. The highest BCUT2D eigenvalue weighted by Gasteiger charge is 2.61. The molecule has 4 aliphatic rings. The van der Waals surface area contributed by atoms with Crippen LogP contribution < -0.4 is 5.32 Å². The molecule has 3 fully saturated rings. The van der Waals surface area contributed by atoms with Gasteiger partial charge >= 0.3 is 12.1 Å². The van der Waals surface area contributed by atoms with Crippen LogP contribution in [0.2, 0.25) is 0 Å². The number of ether oxygens (including phenoxy) is 1. The quantitative estimate of drug-likeness (QED) is 0.638. The highest BCUT2D eigenvalue weighted by molar-refractivity contribution is 5.82. The topological polar surface area (TPSA) is 95.9 Å². The van der Waals surface area contributed by atoms with Crippen molar-refractivity contribution in [3.05, 3.63) is 59.7 Å². The van der Waals surface area contributed by atoms with E-state index in [-0.39, 0.29) is 54.6 Å². The van der Waals surface area contributed by atoms with Crippen LogP contribution in [0.1, 0.15) is 36.3 Å². The van der Waals surface area contributed by atoms with Crippen LogP contribution in [0.4, 0.5) is 4.79 Å². The lowest BCUT2D eigenvalue weighted by atomic mass is 9.75. The van der Waals surface area contributed by atoms with Gasteiger partial charge in [0.25, 0.3) is 0 Å². The van der Waals surface area contributed by atoms with Gasteiger partial charge in [0.05, 0.1) is 11.8 Å². The number of alkyl carbamates (subject to hydrolysis) is 1. The Morgan fingerprint density at radius 3 is 2.11 bits per heavy atom. The number of benzene rings is 2. The van der Waals surface area contributed by atoms with Gasteiger partial charge in [-0.2, -0.15) is 0 Å². The first-order valence-corrected chi connectivity index (χ1v) is 12.6. The van der Waals surface area contributed by atoms with Gasteiger partial charge in [-0.1, -0.05) is 55.0 Å². The molecule has 2 aromatic rings. The molecule has 1 saturated heterocycles. The van der Waals surface area contributed by atoms with Crippen LogP contribution in [-0.4, -0.2) is 54.2 Å². The summed E-state index contributed by atoms with van der Waals surface area (Å²) >= 11 is 0. The number of hydrogen-bond donors (Lipinski definition) is 2. The van der Waals surface area contributed by atoms with Crippen molar-refractivity contribution >= 4 is 18.0 Å². The highest BCUT2D eigenvalue weighted by atomic mass is 16.5. The van der Waals surface area contributed by atoms with Gasteiger partial charge < -0.3 is 20.1 Å². The largest absolute Gasteiger partial charge is 0.481 e. The number of carboxylic acid groups (broad SMARTS) is 1. The van der Waals surface area contributed by atoms with E-state index in [0.717, 1.165) is 30.4 Å². The van der Waals surface area contributed by atoms with Crippen molar-refractivity contribution in [2.45, 2.75) is 25.2 Å². The molecule has 2 amide bonds. The van der Waals surface area contributed by atoms with Crippen LogP contribution in [0.25, 0.3) is 11.1 Å². The molecule has 182 valence electrons. The molecular formula is C28H30N2O5. The van der Waals surface area contributed by atoms with E-state index in [2.05, 4.69) is 29.6 Å². The van der Waals surface area contributed by atoms with Crippen molar-refractivity contribution in [2.75, 3.05) is 26.2 Å². The minimum Gasteiger partial charge on any atom is -0.481 e. The molecule has 0 spiro atoms. The van der Waals surface area contributed by atoms with Crippen molar-refractivity contribution in [3.8, 4) is 11.1 Å². The van der Waals surface area contributed by atoms with Gasteiger partial charge in [-0.05, 0) is 52.8 Å². The minimum absolute atomic E-state index is 0.00397. The van der Waals surface area contributed by atoms with Crippen LogP contribution in [0.5, 0.6) is 0 Å². The summed E-state index contributed by atoms with van der Waals surface area (Å²) in [6.45, 7) is 1.55. The summed E-state index contributed by atoms with van der Waals surface area (Å²) < 4.78 is 5.65. The zero-order valence-corrected chi connectivity index (χ0v) is 19.6. The van der Waals surface area contributed by atoms with Crippen LogP contribution in [0.3, 0.4) is 0 Å². The Morgan fingerprint density at radius 2 is 1.57 bits per heavy atom. The zero-order valence-electron chi connectivity index (χ0n) is 19.6. The number of nitrogens with zero attached hydrogens (tertiary/aromatic N) is 1. The van der Waals surface area contributed by atoms with Crippen LogP contribution in [0, 0.1) is 29.6 Å². The first kappa shape index (κ1) is 22.1. The Morgan fingerprint density at radius 1 is 0.971 bits per heavy atom. The van der Waals surface area contributed by atoms with Crippen LogP contribution >= 0.6 is 0 Å². The summed E-state index contributed by atoms with van der Waals surface area (Å²) in [6.07, 6.45) is 2.58. The first-order chi connectivity index (χ1) is 17.0. The number of likely N-dealkylation sites (tertiary alicyclic amines) is 1. The lowest BCUT2D eigenvalue weighted by Crippen LogP contribution is -2.46. The Balaban J connectivity index is 1.06. The summed E-state index contributed by atoms with van der Waals surface area (Å²) in [5.74, 6) is -0.823. The molecule has 2 aromatic carbocycles. The van der Waals surface area contributed by atoms with Crippen molar-refractivity contribution in [1.29, 1.82) is 0 Å². The Labute approximate surface area is 204 Å². The lowest BCUT2D eigenvalue weighted by molar-refractivity contribution is -0.142. The fourth-order valence-electron chi connectivity index (χ4n) is 6.45. The maximum atomic E-state index is 13.3. The number of piperidine rings is 1. The highest BCUT2D eigenvalue weighted by Crippen LogP contribution is 2.52. The standard InChI is InChI=1S/C28H30N2O5/c31-26(30-13-22-23(14-30)25(22)27(32)33)21(16-6-5-7-16)12-29-28(34)35-15-24-19-10-3-1-8-17(19)18-9-2-4-11-20(18)24/h1-4,8-11,16,21-25H,5-7,12-15H2,(H,29,34)(H,32,33). The van der Waals surface area contributed by atoms with Crippen LogP contribution in [0.15, 0.2) is 48.5 Å². The van der Waals surface area contributed by atoms with Gasteiger partial charge in [0.2, 0.25) is 5.91 Å². The van der Waals surface area contributed by atoms with Gasteiger partial charge in [0.1, 0.15) is 6.61 Å². The number of carbonyl (C=O) groups excluding carboxylic acids is 2. The third-order valence-electron chi connectivity index (χ3n) is 8.64. The van der Waals surface area contributed by atoms with E-state index in [1.807, 2.05) is 29.2 Å². The molecule has 6 rings (SSSR count). The average Bonchev–Trinajstić information content (AvgIpc) is 3.18. The summed E-state index contributed by atoms with van der Waals surface area (Å²) in [5, 5.41) is 12.1. The SMILES string of the molecule is O=C(NCC(C(=O)N1CC2C(C1)C2C(=O)O)C1CCC1)OCC1c2ccccc2-c2ccccc21. The van der Waals surface area contributed by atoms with Crippen molar-refractivity contribution in [1.82, 2.24) is 10.2 Å². The molecule has 2 N–H and O–H groups in total. The number of carbonyl (C=O) groups is 3. The number of amides is 2. The maximum Gasteiger partial charge on any atom is 0.407 e. The van der Waals surface area contributed by atoms with Crippen molar-refractivity contribution in [3.63, 3.8) is 0 Å². The number of carboxylic acids is 1. The van der Waals surface area contributed by atoms with E-state index < -0.39 is 12.1 Å². The number of aliphatic carboxylic acids is 1. The van der Waals surface area contributed by atoms with E-state index in [1.165, 1.54) is 11.1 Å². The predicted molar refractivity (Wildman–Crippen MR) is 129 cm³/mol. The molecule has 1 aliphatic heterocycles. The Bertz CT molecular complexity index is 1120. The van der Waals surface area contributed by atoms with Gasteiger partial charge in [-0.25, -0.2) is 4.79 Å². The zero-order chi connectivity index (χ0) is 24.1. The van der Waals surface area contributed by atoms with Gasteiger partial charge in [0, 0.05) is 25.6 Å². The van der Waals surface area contributed by atoms with Crippen molar-refractivity contribution in [2.24, 2.45) is 29.6 Å². The number of fused-ring (bicyclic) bond motifs is 4. The molecule has 3 atom stereocenters. The first-order valence-electron chi connectivity index (χ1n) is 12.6. The van der Waals surface area contributed by atoms with E-state index in [0.29, 0.717) is 13.1 Å². The molecular weight excluding hydrogens is 444 g/mol. The smallest absolute Gasteiger partial charge is 0.407 e.